The number of aromatic carboxylic acids is 1. The van der Waals surface area contributed by atoms with Crippen LogP contribution in [0.1, 0.15) is 30.1 Å². The molecule has 1 rings (SSSR count). The molecule has 0 aliphatic carbocycles. The molecule has 0 saturated carbocycles. The second-order valence-electron chi connectivity index (χ2n) is 3.71. The minimum absolute atomic E-state index is 0.149. The number of carbonyl (C=O) groups is 2. The monoisotopic (exact) mass is 254 g/mol. The molecule has 0 fully saturated rings. The summed E-state index contributed by atoms with van der Waals surface area (Å²) in [5, 5.41) is 13.5. The van der Waals surface area contributed by atoms with Crippen molar-refractivity contribution in [3.05, 3.63) is 29.6 Å². The number of unbranched alkanes of at least 4 members (excludes halogenated alkanes) is 1. The second-order valence-corrected chi connectivity index (χ2v) is 3.71. The zero-order chi connectivity index (χ0) is 13.5. The van der Waals surface area contributed by atoms with Crippen LogP contribution < -0.4 is 10.6 Å². The van der Waals surface area contributed by atoms with E-state index in [4.69, 9.17) is 5.11 Å². The average Bonchev–Trinajstić information content (AvgIpc) is 2.32. The van der Waals surface area contributed by atoms with Crippen molar-refractivity contribution in [1.29, 1.82) is 0 Å². The van der Waals surface area contributed by atoms with E-state index in [1.54, 1.807) is 0 Å². The lowest BCUT2D eigenvalue weighted by atomic mass is 10.2. The van der Waals surface area contributed by atoms with Crippen molar-refractivity contribution >= 4 is 17.7 Å². The van der Waals surface area contributed by atoms with E-state index < -0.39 is 23.4 Å². The van der Waals surface area contributed by atoms with Crippen molar-refractivity contribution in [2.24, 2.45) is 0 Å². The molecule has 6 heteroatoms. The zero-order valence-corrected chi connectivity index (χ0v) is 10.00. The highest BCUT2D eigenvalue weighted by atomic mass is 19.1. The Morgan fingerprint density at radius 3 is 2.72 bits per heavy atom. The highest BCUT2D eigenvalue weighted by molar-refractivity contribution is 5.93. The van der Waals surface area contributed by atoms with Crippen LogP contribution in [0.2, 0.25) is 0 Å². The minimum atomic E-state index is -1.37. The summed E-state index contributed by atoms with van der Waals surface area (Å²) in [6, 6.07) is 3.26. The third-order valence-corrected chi connectivity index (χ3v) is 2.29. The minimum Gasteiger partial charge on any atom is -0.478 e. The maximum Gasteiger partial charge on any atom is 0.338 e. The summed E-state index contributed by atoms with van der Waals surface area (Å²) in [7, 11) is 0. The number of carbonyl (C=O) groups excluding carboxylic acids is 1. The fourth-order valence-corrected chi connectivity index (χ4v) is 1.34. The largest absolute Gasteiger partial charge is 0.478 e. The molecule has 2 amide bonds. The third-order valence-electron chi connectivity index (χ3n) is 2.29. The highest BCUT2D eigenvalue weighted by Gasteiger charge is 2.14. The van der Waals surface area contributed by atoms with Crippen LogP contribution in [0.4, 0.5) is 14.9 Å². The van der Waals surface area contributed by atoms with Gasteiger partial charge in [0.05, 0.1) is 11.3 Å². The van der Waals surface area contributed by atoms with Crippen molar-refractivity contribution in [1.82, 2.24) is 5.32 Å². The van der Waals surface area contributed by atoms with Gasteiger partial charge in [0, 0.05) is 6.54 Å². The number of rotatable bonds is 5. The van der Waals surface area contributed by atoms with E-state index in [9.17, 15) is 14.0 Å². The average molecular weight is 254 g/mol. The first-order chi connectivity index (χ1) is 8.56. The number of benzene rings is 1. The molecular weight excluding hydrogens is 239 g/mol. The lowest BCUT2D eigenvalue weighted by Crippen LogP contribution is -2.30. The van der Waals surface area contributed by atoms with Crippen molar-refractivity contribution in [2.75, 3.05) is 11.9 Å². The maximum atomic E-state index is 13.6. The van der Waals surface area contributed by atoms with Crippen molar-refractivity contribution in [3.63, 3.8) is 0 Å². The molecule has 0 radical (unpaired) electrons. The van der Waals surface area contributed by atoms with Gasteiger partial charge in [-0.3, -0.25) is 0 Å². The van der Waals surface area contributed by atoms with E-state index >= 15 is 0 Å². The smallest absolute Gasteiger partial charge is 0.338 e. The summed E-state index contributed by atoms with van der Waals surface area (Å²) in [5.74, 6) is -2.32. The number of urea groups is 1. The van der Waals surface area contributed by atoms with Crippen LogP contribution in [0.3, 0.4) is 0 Å². The van der Waals surface area contributed by atoms with Gasteiger partial charge in [-0.05, 0) is 18.6 Å². The summed E-state index contributed by atoms with van der Waals surface area (Å²) < 4.78 is 13.6. The molecule has 0 atom stereocenters. The van der Waals surface area contributed by atoms with Gasteiger partial charge in [-0.15, -0.1) is 0 Å². The number of carboxylic acids is 1. The summed E-state index contributed by atoms with van der Waals surface area (Å²) in [6.45, 7) is 2.47. The van der Waals surface area contributed by atoms with Gasteiger partial charge in [-0.1, -0.05) is 19.4 Å². The quantitative estimate of drug-likeness (QED) is 0.706. The molecule has 0 aromatic heterocycles. The number of anilines is 1. The van der Waals surface area contributed by atoms with E-state index in [1.807, 2.05) is 6.92 Å². The molecule has 0 unspecified atom stereocenters. The van der Waals surface area contributed by atoms with Crippen molar-refractivity contribution in [2.45, 2.75) is 19.8 Å². The fourth-order valence-electron chi connectivity index (χ4n) is 1.34. The van der Waals surface area contributed by atoms with Crippen LogP contribution >= 0.6 is 0 Å². The summed E-state index contributed by atoms with van der Waals surface area (Å²) in [6.07, 6.45) is 1.76. The van der Waals surface area contributed by atoms with Gasteiger partial charge in [0.2, 0.25) is 0 Å². The number of amides is 2. The molecule has 5 nitrogen and oxygen atoms in total. The van der Waals surface area contributed by atoms with E-state index in [0.717, 1.165) is 18.9 Å². The number of hydrogen-bond acceptors (Lipinski definition) is 2. The number of carboxylic acid groups (broad SMARTS) is 1. The predicted molar refractivity (Wildman–Crippen MR) is 65.3 cm³/mol. The highest BCUT2D eigenvalue weighted by Crippen LogP contribution is 2.17. The van der Waals surface area contributed by atoms with E-state index in [1.165, 1.54) is 12.1 Å². The molecule has 0 saturated heterocycles. The summed E-state index contributed by atoms with van der Waals surface area (Å²) in [4.78, 5) is 22.1. The molecule has 1 aromatic carbocycles. The van der Waals surface area contributed by atoms with Gasteiger partial charge < -0.3 is 15.7 Å². The lowest BCUT2D eigenvalue weighted by Gasteiger charge is -2.09. The predicted octanol–water partition coefficient (Wildman–Crippen LogP) is 2.45. The van der Waals surface area contributed by atoms with Gasteiger partial charge in [0.1, 0.15) is 0 Å². The standard InChI is InChI=1S/C12H15FN2O3/c1-2-3-7-14-12(18)15-9-6-4-5-8(10(9)13)11(16)17/h4-6H,2-3,7H2,1H3,(H,16,17)(H2,14,15,18). The lowest BCUT2D eigenvalue weighted by molar-refractivity contribution is 0.0692. The van der Waals surface area contributed by atoms with Crippen LogP contribution in [0.15, 0.2) is 18.2 Å². The molecule has 0 heterocycles. The molecular formula is C12H15FN2O3. The van der Waals surface area contributed by atoms with Crippen molar-refractivity contribution < 1.29 is 19.1 Å². The molecule has 0 bridgehead atoms. The normalized spacial score (nSPS) is 9.89. The maximum absolute atomic E-state index is 13.6. The first kappa shape index (κ1) is 14.0. The fraction of sp³-hybridized carbons (Fsp3) is 0.333. The van der Waals surface area contributed by atoms with Crippen LogP contribution in [0.25, 0.3) is 0 Å². The van der Waals surface area contributed by atoms with Gasteiger partial charge in [0.15, 0.2) is 5.82 Å². The van der Waals surface area contributed by atoms with Crippen LogP contribution in [-0.4, -0.2) is 23.7 Å². The van der Waals surface area contributed by atoms with Gasteiger partial charge in [-0.25, -0.2) is 14.0 Å². The van der Waals surface area contributed by atoms with Crippen LogP contribution in [0, 0.1) is 5.82 Å². The summed E-state index contributed by atoms with van der Waals surface area (Å²) in [5.41, 5.74) is -0.620. The SMILES string of the molecule is CCCCNC(=O)Nc1cccc(C(=O)O)c1F. The Balaban J connectivity index is 2.70. The van der Waals surface area contributed by atoms with Crippen molar-refractivity contribution in [3.8, 4) is 0 Å². The zero-order valence-electron chi connectivity index (χ0n) is 10.00. The van der Waals surface area contributed by atoms with E-state index in [0.29, 0.717) is 6.54 Å². The molecule has 1 aromatic rings. The molecule has 0 aliphatic rings. The van der Waals surface area contributed by atoms with Gasteiger partial charge in [0.25, 0.3) is 0 Å². The van der Waals surface area contributed by atoms with E-state index in [-0.39, 0.29) is 5.69 Å². The van der Waals surface area contributed by atoms with Crippen LogP contribution in [0.5, 0.6) is 0 Å². The van der Waals surface area contributed by atoms with Gasteiger partial charge in [-0.2, -0.15) is 0 Å². The van der Waals surface area contributed by atoms with Gasteiger partial charge >= 0.3 is 12.0 Å². The number of hydrogen-bond donors (Lipinski definition) is 3. The Labute approximate surface area is 104 Å². The number of nitrogens with one attached hydrogen (secondary N) is 2. The molecule has 0 spiro atoms. The molecule has 3 N–H and O–H groups in total. The van der Waals surface area contributed by atoms with E-state index in [2.05, 4.69) is 10.6 Å². The number of halogens is 1. The van der Waals surface area contributed by atoms with Crippen LogP contribution in [-0.2, 0) is 0 Å². The Morgan fingerprint density at radius 2 is 2.11 bits per heavy atom. The Hall–Kier alpha value is -2.11. The Bertz CT molecular complexity index is 449. The third kappa shape index (κ3) is 3.73. The summed E-state index contributed by atoms with van der Waals surface area (Å²) >= 11 is 0. The molecule has 0 aliphatic heterocycles. The Kier molecular flexibility index (Phi) is 5.10. The molecule has 18 heavy (non-hydrogen) atoms. The molecule has 98 valence electrons. The Morgan fingerprint density at radius 1 is 1.39 bits per heavy atom. The topological polar surface area (TPSA) is 78.4 Å². The first-order valence-electron chi connectivity index (χ1n) is 5.63. The second kappa shape index (κ2) is 6.58. The first-order valence-corrected chi connectivity index (χ1v) is 5.63.